The molecule has 1 fully saturated rings. The minimum atomic E-state index is 0.0234. The highest BCUT2D eigenvalue weighted by atomic mass is 16.1. The van der Waals surface area contributed by atoms with Gasteiger partial charge in [-0.15, -0.1) is 0 Å². The van der Waals surface area contributed by atoms with Crippen LogP contribution < -0.4 is 10.2 Å². The standard InChI is InChI=1S/C22H29N5O/c1-16-7-12-27(13-8-16)22-25-15-19-14-18(2-3-20(19)26-22)21(28)24-11-6-17-4-9-23-10-5-17/h4-5,9-10,15-16,18H,2-3,6-8,11-14H2,1H3,(H,24,28). The number of piperidine rings is 1. The predicted molar refractivity (Wildman–Crippen MR) is 109 cm³/mol. The average Bonchev–Trinajstić information content (AvgIpc) is 2.74. The average molecular weight is 380 g/mol. The van der Waals surface area contributed by atoms with Gasteiger partial charge in [-0.2, -0.15) is 0 Å². The van der Waals surface area contributed by atoms with Gasteiger partial charge in [0.05, 0.1) is 0 Å². The number of pyridine rings is 1. The van der Waals surface area contributed by atoms with Crippen LogP contribution in [0, 0.1) is 11.8 Å². The Morgan fingerprint density at radius 2 is 2.00 bits per heavy atom. The molecular formula is C22H29N5O. The van der Waals surface area contributed by atoms with Crippen molar-refractivity contribution < 1.29 is 4.79 Å². The molecule has 3 heterocycles. The fraction of sp³-hybridized carbons (Fsp3) is 0.545. The van der Waals surface area contributed by atoms with Crippen LogP contribution in [0.2, 0.25) is 0 Å². The molecule has 1 atom stereocenters. The summed E-state index contributed by atoms with van der Waals surface area (Å²) in [6.45, 7) is 5.06. The molecule has 1 saturated heterocycles. The summed E-state index contributed by atoms with van der Waals surface area (Å²) in [5.41, 5.74) is 3.46. The Kier molecular flexibility index (Phi) is 5.84. The van der Waals surface area contributed by atoms with E-state index in [0.29, 0.717) is 6.54 Å². The quantitative estimate of drug-likeness (QED) is 0.865. The zero-order valence-electron chi connectivity index (χ0n) is 16.6. The number of hydrogen-bond acceptors (Lipinski definition) is 5. The van der Waals surface area contributed by atoms with E-state index < -0.39 is 0 Å². The Morgan fingerprint density at radius 1 is 1.21 bits per heavy atom. The highest BCUT2D eigenvalue weighted by Gasteiger charge is 2.27. The molecule has 1 amide bonds. The number of aromatic nitrogens is 3. The molecule has 2 aliphatic rings. The summed E-state index contributed by atoms with van der Waals surface area (Å²) in [6.07, 6.45) is 11.2. The summed E-state index contributed by atoms with van der Waals surface area (Å²) >= 11 is 0. The molecular weight excluding hydrogens is 350 g/mol. The Morgan fingerprint density at radius 3 is 2.79 bits per heavy atom. The van der Waals surface area contributed by atoms with Gasteiger partial charge in [0, 0.05) is 49.8 Å². The zero-order valence-corrected chi connectivity index (χ0v) is 16.6. The minimum Gasteiger partial charge on any atom is -0.356 e. The van der Waals surface area contributed by atoms with Crippen molar-refractivity contribution in [2.24, 2.45) is 11.8 Å². The van der Waals surface area contributed by atoms with Crippen molar-refractivity contribution in [2.45, 2.75) is 45.4 Å². The van der Waals surface area contributed by atoms with E-state index in [0.717, 1.165) is 61.9 Å². The van der Waals surface area contributed by atoms with Crippen molar-refractivity contribution in [1.29, 1.82) is 0 Å². The molecule has 1 unspecified atom stereocenters. The number of nitrogens with zero attached hydrogens (tertiary/aromatic N) is 4. The Balaban J connectivity index is 1.31. The van der Waals surface area contributed by atoms with Crippen LogP contribution in [0.3, 0.4) is 0 Å². The normalized spacial score (nSPS) is 19.9. The summed E-state index contributed by atoms with van der Waals surface area (Å²) in [6, 6.07) is 3.97. The fourth-order valence-electron chi connectivity index (χ4n) is 4.11. The number of nitrogens with one attached hydrogen (secondary N) is 1. The molecule has 1 N–H and O–H groups in total. The molecule has 2 aromatic rings. The van der Waals surface area contributed by atoms with E-state index >= 15 is 0 Å². The van der Waals surface area contributed by atoms with Gasteiger partial charge in [0.15, 0.2) is 0 Å². The van der Waals surface area contributed by atoms with Crippen LogP contribution in [0.4, 0.5) is 5.95 Å². The Bertz CT molecular complexity index is 802. The second kappa shape index (κ2) is 8.67. The van der Waals surface area contributed by atoms with E-state index in [9.17, 15) is 4.79 Å². The number of amides is 1. The molecule has 1 aliphatic heterocycles. The lowest BCUT2D eigenvalue weighted by Gasteiger charge is -2.31. The monoisotopic (exact) mass is 379 g/mol. The highest BCUT2D eigenvalue weighted by molar-refractivity contribution is 5.79. The third kappa shape index (κ3) is 4.49. The smallest absolute Gasteiger partial charge is 0.225 e. The molecule has 0 radical (unpaired) electrons. The first-order valence-electron chi connectivity index (χ1n) is 10.5. The molecule has 0 bridgehead atoms. The molecule has 28 heavy (non-hydrogen) atoms. The zero-order chi connectivity index (χ0) is 19.3. The van der Waals surface area contributed by atoms with Crippen LogP contribution >= 0.6 is 0 Å². The number of rotatable bonds is 5. The molecule has 0 spiro atoms. The highest BCUT2D eigenvalue weighted by Crippen LogP contribution is 2.27. The molecule has 4 rings (SSSR count). The van der Waals surface area contributed by atoms with Gasteiger partial charge in [-0.05, 0) is 67.7 Å². The van der Waals surface area contributed by atoms with E-state index in [-0.39, 0.29) is 11.8 Å². The van der Waals surface area contributed by atoms with Gasteiger partial charge in [0.1, 0.15) is 0 Å². The number of aryl methyl sites for hydroxylation is 1. The Hall–Kier alpha value is -2.50. The van der Waals surface area contributed by atoms with Crippen LogP contribution in [0.15, 0.2) is 30.7 Å². The van der Waals surface area contributed by atoms with Crippen molar-refractivity contribution in [3.05, 3.63) is 47.5 Å². The first kappa shape index (κ1) is 18.8. The van der Waals surface area contributed by atoms with E-state index in [4.69, 9.17) is 4.98 Å². The fourth-order valence-corrected chi connectivity index (χ4v) is 4.11. The minimum absolute atomic E-state index is 0.0234. The first-order valence-corrected chi connectivity index (χ1v) is 10.5. The first-order chi connectivity index (χ1) is 13.7. The Labute approximate surface area is 166 Å². The number of carbonyl (C=O) groups is 1. The molecule has 0 saturated carbocycles. The summed E-state index contributed by atoms with van der Waals surface area (Å²) in [5.74, 6) is 1.83. The van der Waals surface area contributed by atoms with Crippen molar-refractivity contribution in [2.75, 3.05) is 24.5 Å². The predicted octanol–water partition coefficient (Wildman–Crippen LogP) is 2.57. The maximum Gasteiger partial charge on any atom is 0.225 e. The molecule has 6 heteroatoms. The van der Waals surface area contributed by atoms with Gasteiger partial charge in [0.25, 0.3) is 0 Å². The SMILES string of the molecule is CC1CCN(c2ncc3c(n2)CCC(C(=O)NCCc2ccncc2)C3)CC1. The molecule has 0 aromatic carbocycles. The van der Waals surface area contributed by atoms with Crippen molar-refractivity contribution in [1.82, 2.24) is 20.3 Å². The van der Waals surface area contributed by atoms with Crippen LogP contribution in [-0.2, 0) is 24.1 Å². The van der Waals surface area contributed by atoms with Gasteiger partial charge in [-0.25, -0.2) is 9.97 Å². The van der Waals surface area contributed by atoms with Gasteiger partial charge in [0.2, 0.25) is 11.9 Å². The van der Waals surface area contributed by atoms with Gasteiger partial charge < -0.3 is 10.2 Å². The van der Waals surface area contributed by atoms with Crippen LogP contribution in [0.5, 0.6) is 0 Å². The number of fused-ring (bicyclic) bond motifs is 1. The topological polar surface area (TPSA) is 71.0 Å². The van der Waals surface area contributed by atoms with E-state index in [1.807, 2.05) is 18.3 Å². The molecule has 1 aliphatic carbocycles. The lowest BCUT2D eigenvalue weighted by atomic mass is 9.86. The third-order valence-electron chi connectivity index (χ3n) is 6.04. The van der Waals surface area contributed by atoms with Crippen LogP contribution in [0.1, 0.15) is 43.0 Å². The number of carbonyl (C=O) groups excluding carboxylic acids is 1. The van der Waals surface area contributed by atoms with E-state index in [1.165, 1.54) is 18.4 Å². The largest absolute Gasteiger partial charge is 0.356 e. The molecule has 2 aromatic heterocycles. The molecule has 148 valence electrons. The second-order valence-electron chi connectivity index (χ2n) is 8.15. The summed E-state index contributed by atoms with van der Waals surface area (Å²) in [5, 5.41) is 3.09. The summed E-state index contributed by atoms with van der Waals surface area (Å²) in [4.78, 5) is 28.3. The van der Waals surface area contributed by atoms with Gasteiger partial charge in [-0.3, -0.25) is 9.78 Å². The van der Waals surface area contributed by atoms with Crippen LogP contribution in [-0.4, -0.2) is 40.5 Å². The van der Waals surface area contributed by atoms with Gasteiger partial charge >= 0.3 is 0 Å². The summed E-state index contributed by atoms with van der Waals surface area (Å²) < 4.78 is 0. The maximum absolute atomic E-state index is 12.6. The molecule has 6 nitrogen and oxygen atoms in total. The summed E-state index contributed by atoms with van der Waals surface area (Å²) in [7, 11) is 0. The third-order valence-corrected chi connectivity index (χ3v) is 6.04. The maximum atomic E-state index is 12.6. The number of hydrogen-bond donors (Lipinski definition) is 1. The van der Waals surface area contributed by atoms with E-state index in [2.05, 4.69) is 27.1 Å². The van der Waals surface area contributed by atoms with Crippen molar-refractivity contribution in [3.8, 4) is 0 Å². The van der Waals surface area contributed by atoms with E-state index in [1.54, 1.807) is 12.4 Å². The number of anilines is 1. The lowest BCUT2D eigenvalue weighted by Crippen LogP contribution is -2.36. The van der Waals surface area contributed by atoms with Gasteiger partial charge in [-0.1, -0.05) is 6.92 Å². The lowest BCUT2D eigenvalue weighted by molar-refractivity contribution is -0.125. The van der Waals surface area contributed by atoms with Crippen LogP contribution in [0.25, 0.3) is 0 Å². The van der Waals surface area contributed by atoms with Crippen molar-refractivity contribution >= 4 is 11.9 Å². The second-order valence-corrected chi connectivity index (χ2v) is 8.15. The van der Waals surface area contributed by atoms with Crippen molar-refractivity contribution in [3.63, 3.8) is 0 Å².